The molecular formula is C12H19N3O. The molecular weight excluding hydrogens is 202 g/mol. The van der Waals surface area contributed by atoms with Crippen LogP contribution in [0.15, 0.2) is 24.3 Å². The molecule has 1 amide bonds. The summed E-state index contributed by atoms with van der Waals surface area (Å²) >= 11 is 0. The summed E-state index contributed by atoms with van der Waals surface area (Å²) < 4.78 is 0. The number of hydrogen-bond donors (Lipinski definition) is 3. The molecule has 0 aliphatic heterocycles. The number of carbonyl (C=O) groups is 1. The Hall–Kier alpha value is -1.71. The zero-order valence-electron chi connectivity index (χ0n) is 9.79. The molecule has 0 saturated heterocycles. The number of nitrogens with two attached hydrogens (primary N) is 1. The van der Waals surface area contributed by atoms with Crippen molar-refractivity contribution in [2.75, 3.05) is 17.6 Å². The van der Waals surface area contributed by atoms with Crippen LogP contribution >= 0.6 is 0 Å². The lowest BCUT2D eigenvalue weighted by Crippen LogP contribution is -2.38. The minimum Gasteiger partial charge on any atom is -0.397 e. The lowest BCUT2D eigenvalue weighted by Gasteiger charge is -2.16. The highest BCUT2D eigenvalue weighted by Gasteiger charge is 2.12. The van der Waals surface area contributed by atoms with E-state index < -0.39 is 0 Å². The second-order valence-corrected chi connectivity index (χ2v) is 3.74. The van der Waals surface area contributed by atoms with Gasteiger partial charge in [0.1, 0.15) is 6.04 Å². The maximum atomic E-state index is 11.6. The van der Waals surface area contributed by atoms with Crippen LogP contribution < -0.4 is 16.4 Å². The molecule has 4 heteroatoms. The number of nitrogens with one attached hydrogen (secondary N) is 2. The summed E-state index contributed by atoms with van der Waals surface area (Å²) in [6, 6.07) is 7.13. The first-order valence-corrected chi connectivity index (χ1v) is 5.54. The van der Waals surface area contributed by atoms with Gasteiger partial charge < -0.3 is 16.4 Å². The SMILES string of the molecule is CCCNC(=O)C(C)Nc1ccccc1N. The third-order valence-corrected chi connectivity index (χ3v) is 2.28. The summed E-state index contributed by atoms with van der Waals surface area (Å²) in [6.45, 7) is 4.54. The van der Waals surface area contributed by atoms with Gasteiger partial charge in [-0.15, -0.1) is 0 Å². The predicted molar refractivity (Wildman–Crippen MR) is 67.2 cm³/mol. The van der Waals surface area contributed by atoms with Crippen LogP contribution in [0, 0.1) is 0 Å². The fourth-order valence-corrected chi connectivity index (χ4v) is 1.33. The Labute approximate surface area is 96.2 Å². The highest BCUT2D eigenvalue weighted by molar-refractivity contribution is 5.85. The molecule has 4 nitrogen and oxygen atoms in total. The van der Waals surface area contributed by atoms with Crippen molar-refractivity contribution in [1.29, 1.82) is 0 Å². The van der Waals surface area contributed by atoms with Crippen molar-refractivity contribution in [2.45, 2.75) is 26.3 Å². The number of rotatable bonds is 5. The molecule has 1 atom stereocenters. The van der Waals surface area contributed by atoms with Crippen molar-refractivity contribution in [3.8, 4) is 0 Å². The van der Waals surface area contributed by atoms with E-state index in [4.69, 9.17) is 5.73 Å². The number of carbonyl (C=O) groups excluding carboxylic acids is 1. The summed E-state index contributed by atoms with van der Waals surface area (Å²) in [7, 11) is 0. The van der Waals surface area contributed by atoms with Crippen LogP contribution in [0.2, 0.25) is 0 Å². The number of benzene rings is 1. The zero-order valence-corrected chi connectivity index (χ0v) is 9.79. The summed E-state index contributed by atoms with van der Waals surface area (Å²) in [5.41, 5.74) is 7.22. The van der Waals surface area contributed by atoms with E-state index in [9.17, 15) is 4.79 Å². The van der Waals surface area contributed by atoms with Crippen LogP contribution in [0.5, 0.6) is 0 Å². The molecule has 0 fully saturated rings. The molecule has 0 heterocycles. The van der Waals surface area contributed by atoms with Gasteiger partial charge in [0, 0.05) is 6.54 Å². The average Bonchev–Trinajstić information content (AvgIpc) is 2.28. The molecule has 4 N–H and O–H groups in total. The van der Waals surface area contributed by atoms with Gasteiger partial charge in [0.25, 0.3) is 0 Å². The molecule has 0 aliphatic carbocycles. The van der Waals surface area contributed by atoms with Gasteiger partial charge in [-0.1, -0.05) is 19.1 Å². The van der Waals surface area contributed by atoms with E-state index in [-0.39, 0.29) is 11.9 Å². The van der Waals surface area contributed by atoms with Gasteiger partial charge in [0.2, 0.25) is 5.91 Å². The minimum atomic E-state index is -0.281. The maximum absolute atomic E-state index is 11.6. The fourth-order valence-electron chi connectivity index (χ4n) is 1.33. The number of nitrogen functional groups attached to an aromatic ring is 1. The van der Waals surface area contributed by atoms with Crippen molar-refractivity contribution in [3.05, 3.63) is 24.3 Å². The smallest absolute Gasteiger partial charge is 0.242 e. The standard InChI is InChI=1S/C12H19N3O/c1-3-8-14-12(16)9(2)15-11-7-5-4-6-10(11)13/h4-7,9,15H,3,8,13H2,1-2H3,(H,14,16). The van der Waals surface area contributed by atoms with E-state index in [2.05, 4.69) is 10.6 Å². The first-order chi connectivity index (χ1) is 7.65. The Bertz CT molecular complexity index is 352. The maximum Gasteiger partial charge on any atom is 0.242 e. The molecule has 0 saturated carbocycles. The summed E-state index contributed by atoms with van der Waals surface area (Å²) in [6.07, 6.45) is 0.936. The second-order valence-electron chi connectivity index (χ2n) is 3.74. The first kappa shape index (κ1) is 12.4. The van der Waals surface area contributed by atoms with E-state index in [1.54, 1.807) is 6.07 Å². The van der Waals surface area contributed by atoms with E-state index in [1.807, 2.05) is 32.0 Å². The monoisotopic (exact) mass is 221 g/mol. The van der Waals surface area contributed by atoms with Gasteiger partial charge in [0.05, 0.1) is 11.4 Å². The molecule has 1 aromatic rings. The number of anilines is 2. The quantitative estimate of drug-likeness (QED) is 0.661. The number of amides is 1. The minimum absolute atomic E-state index is 0.00916. The zero-order chi connectivity index (χ0) is 12.0. The van der Waals surface area contributed by atoms with Gasteiger partial charge in [-0.05, 0) is 25.5 Å². The molecule has 0 bridgehead atoms. The number of para-hydroxylation sites is 2. The van der Waals surface area contributed by atoms with Crippen molar-refractivity contribution in [3.63, 3.8) is 0 Å². The van der Waals surface area contributed by atoms with Crippen LogP contribution in [0.4, 0.5) is 11.4 Å². The van der Waals surface area contributed by atoms with Crippen molar-refractivity contribution >= 4 is 17.3 Å². The van der Waals surface area contributed by atoms with Crippen LogP contribution in [-0.4, -0.2) is 18.5 Å². The van der Waals surface area contributed by atoms with Crippen LogP contribution in [-0.2, 0) is 4.79 Å². The van der Waals surface area contributed by atoms with Crippen LogP contribution in [0.25, 0.3) is 0 Å². The summed E-state index contributed by atoms with van der Waals surface area (Å²) in [5, 5.41) is 5.91. The van der Waals surface area contributed by atoms with Crippen LogP contribution in [0.1, 0.15) is 20.3 Å². The van der Waals surface area contributed by atoms with E-state index >= 15 is 0 Å². The number of hydrogen-bond acceptors (Lipinski definition) is 3. The van der Waals surface area contributed by atoms with Crippen molar-refractivity contribution in [2.24, 2.45) is 0 Å². The highest BCUT2D eigenvalue weighted by Crippen LogP contribution is 2.17. The molecule has 0 aliphatic rings. The van der Waals surface area contributed by atoms with Crippen LogP contribution in [0.3, 0.4) is 0 Å². The van der Waals surface area contributed by atoms with Gasteiger partial charge in [-0.3, -0.25) is 4.79 Å². The molecule has 16 heavy (non-hydrogen) atoms. The largest absolute Gasteiger partial charge is 0.397 e. The lowest BCUT2D eigenvalue weighted by atomic mass is 10.2. The molecule has 0 aromatic heterocycles. The van der Waals surface area contributed by atoms with Crippen molar-refractivity contribution < 1.29 is 4.79 Å². The van der Waals surface area contributed by atoms with Gasteiger partial charge in [-0.25, -0.2) is 0 Å². The Balaban J connectivity index is 2.54. The lowest BCUT2D eigenvalue weighted by molar-refractivity contribution is -0.121. The Morgan fingerprint density at radius 2 is 2.12 bits per heavy atom. The van der Waals surface area contributed by atoms with E-state index in [1.165, 1.54) is 0 Å². The van der Waals surface area contributed by atoms with E-state index in [0.717, 1.165) is 12.1 Å². The summed E-state index contributed by atoms with van der Waals surface area (Å²) in [4.78, 5) is 11.6. The Morgan fingerprint density at radius 1 is 1.44 bits per heavy atom. The normalized spacial score (nSPS) is 11.9. The van der Waals surface area contributed by atoms with Gasteiger partial charge >= 0.3 is 0 Å². The predicted octanol–water partition coefficient (Wildman–Crippen LogP) is 1.60. The topological polar surface area (TPSA) is 67.2 Å². The summed E-state index contributed by atoms with van der Waals surface area (Å²) in [5.74, 6) is -0.00916. The average molecular weight is 221 g/mol. The molecule has 88 valence electrons. The molecule has 0 radical (unpaired) electrons. The molecule has 1 rings (SSSR count). The fraction of sp³-hybridized carbons (Fsp3) is 0.417. The third-order valence-electron chi connectivity index (χ3n) is 2.28. The van der Waals surface area contributed by atoms with Gasteiger partial charge in [0.15, 0.2) is 0 Å². The van der Waals surface area contributed by atoms with Crippen molar-refractivity contribution in [1.82, 2.24) is 5.32 Å². The third kappa shape index (κ3) is 3.46. The Morgan fingerprint density at radius 3 is 2.75 bits per heavy atom. The van der Waals surface area contributed by atoms with Gasteiger partial charge in [-0.2, -0.15) is 0 Å². The molecule has 1 aromatic carbocycles. The highest BCUT2D eigenvalue weighted by atomic mass is 16.2. The Kier molecular flexibility index (Phi) is 4.64. The second kappa shape index (κ2) is 6.00. The molecule has 1 unspecified atom stereocenters. The molecule has 0 spiro atoms. The first-order valence-electron chi connectivity index (χ1n) is 5.54. The van der Waals surface area contributed by atoms with E-state index in [0.29, 0.717) is 12.2 Å².